The van der Waals surface area contributed by atoms with E-state index in [9.17, 15) is 4.79 Å². The monoisotopic (exact) mass is 369 g/mol. The lowest BCUT2D eigenvalue weighted by Crippen LogP contribution is -2.39. The standard InChI is InChI=1S/C22H27NO4/c1-15(17-7-8-17)23(14-16-5-9-19(25-2)10-6-16)22(24)18-11-20(26-3)13-21(12-18)27-4/h5-6,9-13,15,17H,7-8,14H2,1-4H3/t15-/m1/s1. The summed E-state index contributed by atoms with van der Waals surface area (Å²) in [5, 5.41) is 0. The number of hydrogen-bond donors (Lipinski definition) is 0. The zero-order valence-corrected chi connectivity index (χ0v) is 16.4. The third kappa shape index (κ3) is 4.54. The molecular formula is C22H27NO4. The lowest BCUT2D eigenvalue weighted by Gasteiger charge is -2.30. The average Bonchev–Trinajstić information content (AvgIpc) is 3.56. The minimum Gasteiger partial charge on any atom is -0.497 e. The summed E-state index contributed by atoms with van der Waals surface area (Å²) in [6, 6.07) is 13.3. The molecule has 1 saturated carbocycles. The number of ether oxygens (including phenoxy) is 3. The number of hydrogen-bond acceptors (Lipinski definition) is 4. The van der Waals surface area contributed by atoms with Gasteiger partial charge in [0.25, 0.3) is 5.91 Å². The van der Waals surface area contributed by atoms with Crippen molar-refractivity contribution >= 4 is 5.91 Å². The minimum atomic E-state index is -0.0116. The topological polar surface area (TPSA) is 48.0 Å². The molecule has 27 heavy (non-hydrogen) atoms. The van der Waals surface area contributed by atoms with Crippen LogP contribution in [-0.2, 0) is 6.54 Å². The van der Waals surface area contributed by atoms with Crippen LogP contribution in [0.5, 0.6) is 17.2 Å². The van der Waals surface area contributed by atoms with Crippen LogP contribution in [0.3, 0.4) is 0 Å². The van der Waals surface area contributed by atoms with Crippen molar-refractivity contribution in [1.82, 2.24) is 4.90 Å². The van der Waals surface area contributed by atoms with E-state index in [1.54, 1.807) is 39.5 Å². The van der Waals surface area contributed by atoms with Gasteiger partial charge >= 0.3 is 0 Å². The van der Waals surface area contributed by atoms with Gasteiger partial charge in [-0.15, -0.1) is 0 Å². The molecule has 5 heteroatoms. The Morgan fingerprint density at radius 3 is 2.00 bits per heavy atom. The maximum absolute atomic E-state index is 13.4. The van der Waals surface area contributed by atoms with Gasteiger partial charge in [0.05, 0.1) is 21.3 Å². The summed E-state index contributed by atoms with van der Waals surface area (Å²) in [7, 11) is 4.83. The van der Waals surface area contributed by atoms with Crippen molar-refractivity contribution in [3.8, 4) is 17.2 Å². The van der Waals surface area contributed by atoms with E-state index in [4.69, 9.17) is 14.2 Å². The normalized spacial score (nSPS) is 14.4. The number of carbonyl (C=O) groups excluding carboxylic acids is 1. The summed E-state index contributed by atoms with van der Waals surface area (Å²) in [6.07, 6.45) is 2.35. The van der Waals surface area contributed by atoms with Crippen molar-refractivity contribution in [3.63, 3.8) is 0 Å². The Morgan fingerprint density at radius 1 is 0.963 bits per heavy atom. The predicted octanol–water partition coefficient (Wildman–Crippen LogP) is 4.15. The summed E-state index contributed by atoms with van der Waals surface area (Å²) >= 11 is 0. The van der Waals surface area contributed by atoms with Crippen LogP contribution in [0.1, 0.15) is 35.7 Å². The van der Waals surface area contributed by atoms with E-state index in [0.29, 0.717) is 29.5 Å². The molecule has 0 N–H and O–H groups in total. The number of rotatable bonds is 8. The van der Waals surface area contributed by atoms with Gasteiger partial charge in [-0.2, -0.15) is 0 Å². The van der Waals surface area contributed by atoms with Crippen molar-refractivity contribution < 1.29 is 19.0 Å². The van der Waals surface area contributed by atoms with Gasteiger partial charge in [-0.05, 0) is 55.5 Å². The van der Waals surface area contributed by atoms with E-state index < -0.39 is 0 Å². The van der Waals surface area contributed by atoms with Crippen molar-refractivity contribution in [2.45, 2.75) is 32.4 Å². The molecule has 1 fully saturated rings. The van der Waals surface area contributed by atoms with Crippen LogP contribution in [0.4, 0.5) is 0 Å². The van der Waals surface area contributed by atoms with Crippen molar-refractivity contribution in [2.75, 3.05) is 21.3 Å². The Kier molecular flexibility index (Phi) is 5.89. The lowest BCUT2D eigenvalue weighted by molar-refractivity contribution is 0.0653. The predicted molar refractivity (Wildman–Crippen MR) is 105 cm³/mol. The highest BCUT2D eigenvalue weighted by atomic mass is 16.5. The molecule has 0 spiro atoms. The van der Waals surface area contributed by atoms with Gasteiger partial charge in [-0.25, -0.2) is 0 Å². The molecule has 5 nitrogen and oxygen atoms in total. The maximum Gasteiger partial charge on any atom is 0.254 e. The fourth-order valence-corrected chi connectivity index (χ4v) is 3.26. The number of carbonyl (C=O) groups is 1. The molecule has 0 heterocycles. The fourth-order valence-electron chi connectivity index (χ4n) is 3.26. The van der Waals surface area contributed by atoms with E-state index >= 15 is 0 Å². The van der Waals surface area contributed by atoms with Crippen LogP contribution in [0, 0.1) is 5.92 Å². The highest BCUT2D eigenvalue weighted by Crippen LogP contribution is 2.36. The Hall–Kier alpha value is -2.69. The summed E-state index contributed by atoms with van der Waals surface area (Å²) in [4.78, 5) is 15.3. The first-order valence-electron chi connectivity index (χ1n) is 9.22. The summed E-state index contributed by atoms with van der Waals surface area (Å²) in [6.45, 7) is 2.69. The first kappa shape index (κ1) is 19.1. The SMILES string of the molecule is COc1ccc(CN(C(=O)c2cc(OC)cc(OC)c2)[C@H](C)C2CC2)cc1. The number of benzene rings is 2. The van der Waals surface area contributed by atoms with E-state index in [0.717, 1.165) is 11.3 Å². The summed E-state index contributed by atoms with van der Waals surface area (Å²) in [5.41, 5.74) is 1.65. The molecule has 144 valence electrons. The molecule has 2 aromatic carbocycles. The quantitative estimate of drug-likeness (QED) is 0.701. The van der Waals surface area contributed by atoms with Gasteiger partial charge in [0.15, 0.2) is 0 Å². The van der Waals surface area contributed by atoms with Gasteiger partial charge in [-0.1, -0.05) is 12.1 Å². The largest absolute Gasteiger partial charge is 0.497 e. The molecule has 1 atom stereocenters. The summed E-state index contributed by atoms with van der Waals surface area (Å²) < 4.78 is 15.9. The molecule has 0 radical (unpaired) electrons. The van der Waals surface area contributed by atoms with Crippen LogP contribution in [0.2, 0.25) is 0 Å². The molecule has 1 aliphatic carbocycles. The highest BCUT2D eigenvalue weighted by Gasteiger charge is 2.35. The highest BCUT2D eigenvalue weighted by molar-refractivity contribution is 5.95. The Labute approximate surface area is 160 Å². The van der Waals surface area contributed by atoms with E-state index in [1.807, 2.05) is 29.2 Å². The second-order valence-corrected chi connectivity index (χ2v) is 6.96. The Balaban J connectivity index is 1.88. The van der Waals surface area contributed by atoms with Crippen LogP contribution >= 0.6 is 0 Å². The zero-order chi connectivity index (χ0) is 19.4. The van der Waals surface area contributed by atoms with Crippen molar-refractivity contribution in [2.24, 2.45) is 5.92 Å². The van der Waals surface area contributed by atoms with Gasteiger partial charge < -0.3 is 19.1 Å². The van der Waals surface area contributed by atoms with Gasteiger partial charge in [0.2, 0.25) is 0 Å². The maximum atomic E-state index is 13.4. The first-order chi connectivity index (χ1) is 13.0. The molecule has 0 aliphatic heterocycles. The molecule has 3 rings (SSSR count). The Morgan fingerprint density at radius 2 is 1.52 bits per heavy atom. The number of nitrogens with zero attached hydrogens (tertiary/aromatic N) is 1. The third-order valence-corrected chi connectivity index (χ3v) is 5.17. The number of amides is 1. The number of methoxy groups -OCH3 is 3. The van der Waals surface area contributed by atoms with Crippen LogP contribution in [-0.4, -0.2) is 38.2 Å². The van der Waals surface area contributed by atoms with E-state index in [1.165, 1.54) is 12.8 Å². The minimum absolute atomic E-state index is 0.0116. The van der Waals surface area contributed by atoms with E-state index in [2.05, 4.69) is 6.92 Å². The van der Waals surface area contributed by atoms with E-state index in [-0.39, 0.29) is 11.9 Å². The van der Waals surface area contributed by atoms with Crippen molar-refractivity contribution in [1.29, 1.82) is 0 Å². The molecule has 2 aromatic rings. The molecule has 1 aliphatic rings. The van der Waals surface area contributed by atoms with Crippen molar-refractivity contribution in [3.05, 3.63) is 53.6 Å². The van der Waals surface area contributed by atoms with Crippen LogP contribution in [0.25, 0.3) is 0 Å². The summed E-state index contributed by atoms with van der Waals surface area (Å²) in [5.74, 6) is 2.59. The average molecular weight is 369 g/mol. The molecule has 0 unspecified atom stereocenters. The lowest BCUT2D eigenvalue weighted by atomic mass is 10.1. The van der Waals surface area contributed by atoms with Gasteiger partial charge in [0.1, 0.15) is 17.2 Å². The molecule has 0 bridgehead atoms. The first-order valence-corrected chi connectivity index (χ1v) is 9.22. The second kappa shape index (κ2) is 8.33. The Bertz CT molecular complexity index is 761. The fraction of sp³-hybridized carbons (Fsp3) is 0.409. The molecule has 1 amide bonds. The third-order valence-electron chi connectivity index (χ3n) is 5.17. The molecule has 0 aromatic heterocycles. The molecule has 0 saturated heterocycles. The van der Waals surface area contributed by atoms with Gasteiger partial charge in [0, 0.05) is 24.2 Å². The van der Waals surface area contributed by atoms with Crippen LogP contribution < -0.4 is 14.2 Å². The second-order valence-electron chi connectivity index (χ2n) is 6.96. The molecular weight excluding hydrogens is 342 g/mol. The zero-order valence-electron chi connectivity index (χ0n) is 16.4. The van der Waals surface area contributed by atoms with Crippen LogP contribution in [0.15, 0.2) is 42.5 Å². The van der Waals surface area contributed by atoms with Gasteiger partial charge in [-0.3, -0.25) is 4.79 Å². The smallest absolute Gasteiger partial charge is 0.254 e.